The third kappa shape index (κ3) is 5.34. The molecule has 3 aromatic carbocycles. The first kappa shape index (κ1) is 25.3. The fourth-order valence-electron chi connectivity index (χ4n) is 4.61. The molecular formula is C29H29ClN2O5. The number of nitrogens with two attached hydrogens (primary N) is 1. The number of benzene rings is 3. The summed E-state index contributed by atoms with van der Waals surface area (Å²) in [5.74, 6) is -0.131. The second kappa shape index (κ2) is 9.82. The third-order valence-corrected chi connectivity index (χ3v) is 7.25. The zero-order chi connectivity index (χ0) is 26.3. The van der Waals surface area contributed by atoms with E-state index in [1.807, 2.05) is 16.7 Å². The molecule has 0 aliphatic heterocycles. The van der Waals surface area contributed by atoms with Gasteiger partial charge in [0.05, 0.1) is 17.8 Å². The van der Waals surface area contributed by atoms with E-state index in [1.54, 1.807) is 37.4 Å². The molecule has 1 saturated carbocycles. The van der Waals surface area contributed by atoms with E-state index in [0.29, 0.717) is 29.5 Å². The van der Waals surface area contributed by atoms with Crippen LogP contribution < -0.4 is 10.5 Å². The van der Waals surface area contributed by atoms with E-state index < -0.39 is 11.5 Å². The summed E-state index contributed by atoms with van der Waals surface area (Å²) in [6.07, 6.45) is 4.42. The van der Waals surface area contributed by atoms with Gasteiger partial charge in [0.2, 0.25) is 5.78 Å². The molecule has 37 heavy (non-hydrogen) atoms. The van der Waals surface area contributed by atoms with Crippen LogP contribution in [0.5, 0.6) is 5.75 Å². The highest BCUT2D eigenvalue weighted by molar-refractivity contribution is 6.31. The molecule has 1 aliphatic rings. The summed E-state index contributed by atoms with van der Waals surface area (Å²) in [6, 6.07) is 14.7. The maximum atomic E-state index is 13.4. The molecule has 1 aromatic heterocycles. The molecule has 4 aromatic rings. The number of aromatic nitrogens is 1. The van der Waals surface area contributed by atoms with Gasteiger partial charge in [-0.3, -0.25) is 9.59 Å². The Bertz CT molecular complexity index is 1520. The number of ketones is 1. The molecule has 0 unspecified atom stereocenters. The van der Waals surface area contributed by atoms with Gasteiger partial charge in [0.15, 0.2) is 6.61 Å². The van der Waals surface area contributed by atoms with Crippen LogP contribution >= 0.6 is 11.6 Å². The van der Waals surface area contributed by atoms with Crippen molar-refractivity contribution in [3.05, 3.63) is 76.4 Å². The van der Waals surface area contributed by atoms with Gasteiger partial charge < -0.3 is 25.3 Å². The SMILES string of the molecule is C[C@](O)(CO)CCn1cc(C(=O)COc2cc3ccc(Cl)cc3cc2C(N)=O)c2ccc(C3CC3)cc21. The van der Waals surface area contributed by atoms with Gasteiger partial charge in [-0.2, -0.15) is 0 Å². The normalized spacial score (nSPS) is 15.1. The molecule has 0 saturated heterocycles. The van der Waals surface area contributed by atoms with Crippen molar-refractivity contribution in [3.8, 4) is 5.75 Å². The average Bonchev–Trinajstić information content (AvgIpc) is 3.66. The molecule has 0 spiro atoms. The van der Waals surface area contributed by atoms with E-state index in [0.717, 1.165) is 34.5 Å². The van der Waals surface area contributed by atoms with Gasteiger partial charge in [-0.25, -0.2) is 0 Å². The topological polar surface area (TPSA) is 115 Å². The Kier molecular flexibility index (Phi) is 6.70. The van der Waals surface area contributed by atoms with Gasteiger partial charge in [-0.05, 0) is 78.8 Å². The highest BCUT2D eigenvalue weighted by atomic mass is 35.5. The number of aliphatic hydroxyl groups is 2. The average molecular weight is 521 g/mol. The minimum atomic E-state index is -1.22. The zero-order valence-electron chi connectivity index (χ0n) is 20.5. The fourth-order valence-corrected chi connectivity index (χ4v) is 4.79. The summed E-state index contributed by atoms with van der Waals surface area (Å²) in [6.45, 7) is 1.39. The number of ether oxygens (including phenoxy) is 1. The van der Waals surface area contributed by atoms with E-state index in [1.165, 1.54) is 5.56 Å². The standard InChI is InChI=1S/C29H29ClN2O5/c1-29(36,16-33)8-9-32-14-24(22-7-5-18(12-25(22)32)17-2-3-17)26(34)15-37-27-13-19-4-6-21(30)10-20(19)11-23(27)28(31)35/h4-7,10-14,17,33,36H,2-3,8-9,15-16H2,1H3,(H2,31,35)/t29-/m1/s1. The molecule has 4 N–H and O–H groups in total. The number of primary amides is 1. The van der Waals surface area contributed by atoms with Crippen molar-refractivity contribution in [1.29, 1.82) is 0 Å². The predicted octanol–water partition coefficient (Wildman–Crippen LogP) is 4.82. The first-order valence-electron chi connectivity index (χ1n) is 12.3. The molecule has 1 atom stereocenters. The molecule has 1 aliphatic carbocycles. The number of hydrogen-bond acceptors (Lipinski definition) is 5. The Morgan fingerprint density at radius 3 is 2.59 bits per heavy atom. The summed E-state index contributed by atoms with van der Waals surface area (Å²) in [4.78, 5) is 25.5. The Morgan fingerprint density at radius 1 is 1.11 bits per heavy atom. The van der Waals surface area contributed by atoms with Gasteiger partial charge in [0.25, 0.3) is 5.91 Å². The van der Waals surface area contributed by atoms with Crippen LogP contribution in [0.15, 0.2) is 54.7 Å². The summed E-state index contributed by atoms with van der Waals surface area (Å²) >= 11 is 6.08. The van der Waals surface area contributed by atoms with Gasteiger partial charge >= 0.3 is 0 Å². The molecule has 0 bridgehead atoms. The minimum absolute atomic E-state index is 0.172. The van der Waals surface area contributed by atoms with Crippen molar-refractivity contribution >= 4 is 45.0 Å². The summed E-state index contributed by atoms with van der Waals surface area (Å²) in [7, 11) is 0. The third-order valence-electron chi connectivity index (χ3n) is 7.01. The molecule has 5 rings (SSSR count). The molecule has 7 nitrogen and oxygen atoms in total. The largest absolute Gasteiger partial charge is 0.485 e. The Labute approximate surface area is 219 Å². The molecule has 1 heterocycles. The predicted molar refractivity (Wildman–Crippen MR) is 144 cm³/mol. The van der Waals surface area contributed by atoms with E-state index in [9.17, 15) is 19.8 Å². The number of aliphatic hydroxyl groups excluding tert-OH is 1. The maximum absolute atomic E-state index is 13.4. The van der Waals surface area contributed by atoms with E-state index >= 15 is 0 Å². The zero-order valence-corrected chi connectivity index (χ0v) is 21.3. The van der Waals surface area contributed by atoms with E-state index in [4.69, 9.17) is 22.1 Å². The lowest BCUT2D eigenvalue weighted by atomic mass is 10.0. The molecular weight excluding hydrogens is 492 g/mol. The minimum Gasteiger partial charge on any atom is -0.485 e. The van der Waals surface area contributed by atoms with E-state index in [2.05, 4.69) is 12.1 Å². The van der Waals surface area contributed by atoms with Crippen molar-refractivity contribution < 1.29 is 24.5 Å². The maximum Gasteiger partial charge on any atom is 0.252 e. The van der Waals surface area contributed by atoms with Crippen molar-refractivity contribution in [3.63, 3.8) is 0 Å². The van der Waals surface area contributed by atoms with Gasteiger partial charge in [-0.1, -0.05) is 29.8 Å². The number of fused-ring (bicyclic) bond motifs is 2. The lowest BCUT2D eigenvalue weighted by Gasteiger charge is -2.20. The number of Topliss-reactive ketones (excluding diaryl/α,β-unsaturated/α-hetero) is 1. The number of carbonyl (C=O) groups excluding carboxylic acids is 2. The molecule has 1 fully saturated rings. The van der Waals surface area contributed by atoms with Crippen molar-refractivity contribution in [2.24, 2.45) is 5.73 Å². The quantitative estimate of drug-likeness (QED) is 0.259. The Balaban J connectivity index is 1.44. The molecule has 1 amide bonds. The van der Waals surface area contributed by atoms with Crippen LogP contribution in [-0.2, 0) is 6.54 Å². The number of amides is 1. The Hall–Kier alpha value is -3.39. The highest BCUT2D eigenvalue weighted by Gasteiger charge is 2.26. The van der Waals surface area contributed by atoms with Crippen molar-refractivity contribution in [2.75, 3.05) is 13.2 Å². The number of rotatable bonds is 10. The lowest BCUT2D eigenvalue weighted by molar-refractivity contribution is -0.00797. The van der Waals surface area contributed by atoms with Gasteiger partial charge in [0, 0.05) is 34.2 Å². The van der Waals surface area contributed by atoms with Crippen molar-refractivity contribution in [1.82, 2.24) is 4.57 Å². The van der Waals surface area contributed by atoms with Crippen LogP contribution in [0.1, 0.15) is 58.4 Å². The van der Waals surface area contributed by atoms with Crippen LogP contribution in [0.3, 0.4) is 0 Å². The van der Waals surface area contributed by atoms with Crippen LogP contribution in [0.4, 0.5) is 0 Å². The second-order valence-corrected chi connectivity index (χ2v) is 10.5. The van der Waals surface area contributed by atoms with Gasteiger partial charge in [-0.15, -0.1) is 0 Å². The fraction of sp³-hybridized carbons (Fsp3) is 0.310. The number of hydrogen-bond donors (Lipinski definition) is 3. The first-order chi connectivity index (χ1) is 17.6. The lowest BCUT2D eigenvalue weighted by Crippen LogP contribution is -2.30. The highest BCUT2D eigenvalue weighted by Crippen LogP contribution is 2.41. The van der Waals surface area contributed by atoms with Gasteiger partial charge in [0.1, 0.15) is 5.75 Å². The Morgan fingerprint density at radius 2 is 1.89 bits per heavy atom. The number of carbonyl (C=O) groups is 2. The molecule has 0 radical (unpaired) electrons. The first-order valence-corrected chi connectivity index (χ1v) is 12.7. The second-order valence-electron chi connectivity index (χ2n) is 10.1. The summed E-state index contributed by atoms with van der Waals surface area (Å²) in [5.41, 5.74) is 7.17. The summed E-state index contributed by atoms with van der Waals surface area (Å²) < 4.78 is 7.80. The number of nitrogens with zero attached hydrogens (tertiary/aromatic N) is 1. The van der Waals surface area contributed by atoms with Crippen LogP contribution in [0.25, 0.3) is 21.7 Å². The van der Waals surface area contributed by atoms with Crippen LogP contribution in [0.2, 0.25) is 5.02 Å². The molecule has 192 valence electrons. The van der Waals surface area contributed by atoms with Crippen molar-refractivity contribution in [2.45, 2.75) is 44.2 Å². The molecule has 8 heteroatoms. The van der Waals surface area contributed by atoms with Crippen LogP contribution in [0, 0.1) is 0 Å². The summed E-state index contributed by atoms with van der Waals surface area (Å²) in [5, 5.41) is 22.6. The smallest absolute Gasteiger partial charge is 0.252 e. The number of halogens is 1. The van der Waals surface area contributed by atoms with Crippen LogP contribution in [-0.4, -0.2) is 45.3 Å². The monoisotopic (exact) mass is 520 g/mol. The van der Waals surface area contributed by atoms with E-state index in [-0.39, 0.29) is 30.3 Å². The number of aryl methyl sites for hydroxylation is 1.